The van der Waals surface area contributed by atoms with E-state index in [1.54, 1.807) is 0 Å². The third-order valence-electron chi connectivity index (χ3n) is 4.80. The second-order valence-corrected chi connectivity index (χ2v) is 7.20. The molecule has 1 saturated heterocycles. The van der Waals surface area contributed by atoms with E-state index in [0.29, 0.717) is 12.0 Å². The lowest BCUT2D eigenvalue weighted by Crippen LogP contribution is -2.52. The average Bonchev–Trinajstić information content (AvgIpc) is 2.55. The Kier molecular flexibility index (Phi) is 13.6. The van der Waals surface area contributed by atoms with E-state index in [-0.39, 0.29) is 24.0 Å². The molecule has 0 spiro atoms. The van der Waals surface area contributed by atoms with Crippen molar-refractivity contribution in [2.45, 2.75) is 39.7 Å². The maximum absolute atomic E-state index is 4.96. The highest BCUT2D eigenvalue weighted by Crippen LogP contribution is 2.14. The summed E-state index contributed by atoms with van der Waals surface area (Å²) >= 11 is 0. The van der Waals surface area contributed by atoms with Crippen molar-refractivity contribution in [3.8, 4) is 0 Å². The number of piperazine rings is 1. The lowest BCUT2D eigenvalue weighted by molar-refractivity contribution is 0.0924. The van der Waals surface area contributed by atoms with Gasteiger partial charge in [0.25, 0.3) is 0 Å². The van der Waals surface area contributed by atoms with Crippen LogP contribution in [-0.2, 0) is 0 Å². The molecule has 148 valence electrons. The van der Waals surface area contributed by atoms with Crippen molar-refractivity contribution >= 4 is 29.9 Å². The Balaban J connectivity index is 0.00000576. The van der Waals surface area contributed by atoms with E-state index in [1.165, 1.54) is 0 Å². The summed E-state index contributed by atoms with van der Waals surface area (Å²) in [5.74, 6) is 1.65. The first kappa shape index (κ1) is 24.7. The van der Waals surface area contributed by atoms with E-state index in [1.807, 2.05) is 6.08 Å². The smallest absolute Gasteiger partial charge is 0.193 e. The van der Waals surface area contributed by atoms with Crippen LogP contribution in [0.5, 0.6) is 0 Å². The summed E-state index contributed by atoms with van der Waals surface area (Å²) in [5, 5.41) is 3.44. The Hall–Kier alpha value is -0.340. The maximum Gasteiger partial charge on any atom is 0.193 e. The zero-order valence-electron chi connectivity index (χ0n) is 17.0. The van der Waals surface area contributed by atoms with Gasteiger partial charge < -0.3 is 15.1 Å². The van der Waals surface area contributed by atoms with Gasteiger partial charge in [-0.15, -0.1) is 30.6 Å². The summed E-state index contributed by atoms with van der Waals surface area (Å²) in [5.41, 5.74) is 0. The molecule has 1 atom stereocenters. The van der Waals surface area contributed by atoms with Crippen LogP contribution in [0.1, 0.15) is 33.6 Å². The topological polar surface area (TPSA) is 34.1 Å². The van der Waals surface area contributed by atoms with Crippen molar-refractivity contribution in [2.75, 3.05) is 59.9 Å². The molecule has 0 radical (unpaired) electrons. The third-order valence-corrected chi connectivity index (χ3v) is 4.80. The van der Waals surface area contributed by atoms with Gasteiger partial charge in [-0.05, 0) is 32.7 Å². The number of unbranched alkanes of at least 4 members (excludes halogenated alkanes) is 1. The molecule has 0 saturated carbocycles. The largest absolute Gasteiger partial charge is 0.357 e. The lowest BCUT2D eigenvalue weighted by Gasteiger charge is -2.39. The molecule has 6 heteroatoms. The SMILES string of the molecule is C=CCCCN(C)C(=NCC(C(C)C)N1CCN(C)CC1)NCC.I. The fourth-order valence-electron chi connectivity index (χ4n) is 3.13. The minimum absolute atomic E-state index is 0. The molecule has 0 bridgehead atoms. The normalized spacial score (nSPS) is 17.9. The standard InChI is InChI=1S/C19H39N5.HI/c1-7-9-10-11-23(6)19(20-8-2)21-16-18(17(3)4)24-14-12-22(5)13-15-24;/h7,17-18H,1,8-16H2,2-6H3,(H,20,21);1H. The monoisotopic (exact) mass is 465 g/mol. The molecule has 5 nitrogen and oxygen atoms in total. The van der Waals surface area contributed by atoms with E-state index in [0.717, 1.165) is 64.6 Å². The number of hydrogen-bond acceptors (Lipinski definition) is 3. The summed E-state index contributed by atoms with van der Waals surface area (Å²) in [4.78, 5) is 12.2. The third kappa shape index (κ3) is 9.24. The Labute approximate surface area is 172 Å². The van der Waals surface area contributed by atoms with Crippen LogP contribution in [0, 0.1) is 5.92 Å². The molecule has 25 heavy (non-hydrogen) atoms. The first-order chi connectivity index (χ1) is 11.5. The molecule has 1 unspecified atom stereocenters. The summed E-state index contributed by atoms with van der Waals surface area (Å²) in [7, 11) is 4.34. The van der Waals surface area contributed by atoms with Gasteiger partial charge in [0.2, 0.25) is 0 Å². The van der Waals surface area contributed by atoms with Gasteiger partial charge in [-0.25, -0.2) is 0 Å². The van der Waals surface area contributed by atoms with Crippen molar-refractivity contribution in [3.05, 3.63) is 12.7 Å². The number of aliphatic imine (C=N–C) groups is 1. The Bertz CT molecular complexity index is 378. The highest BCUT2D eigenvalue weighted by molar-refractivity contribution is 14.0. The van der Waals surface area contributed by atoms with Crippen molar-refractivity contribution in [2.24, 2.45) is 10.9 Å². The zero-order chi connectivity index (χ0) is 17.9. The highest BCUT2D eigenvalue weighted by atomic mass is 127. The molecule has 1 N–H and O–H groups in total. The quantitative estimate of drug-likeness (QED) is 0.187. The molecule has 0 aromatic heterocycles. The Morgan fingerprint density at radius 1 is 1.28 bits per heavy atom. The molecule has 0 amide bonds. The first-order valence-corrected chi connectivity index (χ1v) is 9.52. The van der Waals surface area contributed by atoms with Gasteiger partial charge in [-0.2, -0.15) is 0 Å². The summed E-state index contributed by atoms with van der Waals surface area (Å²) in [6, 6.07) is 0.522. The van der Waals surface area contributed by atoms with Crippen molar-refractivity contribution in [1.82, 2.24) is 20.0 Å². The zero-order valence-corrected chi connectivity index (χ0v) is 19.3. The number of nitrogens with zero attached hydrogens (tertiary/aromatic N) is 4. The number of guanidine groups is 1. The second kappa shape index (κ2) is 13.8. The molecule has 1 heterocycles. The molecular weight excluding hydrogens is 425 g/mol. The Morgan fingerprint density at radius 2 is 1.92 bits per heavy atom. The van der Waals surface area contributed by atoms with Gasteiger partial charge in [-0.3, -0.25) is 9.89 Å². The lowest BCUT2D eigenvalue weighted by atomic mass is 10.0. The predicted molar refractivity (Wildman–Crippen MR) is 121 cm³/mol. The molecule has 0 aromatic rings. The van der Waals surface area contributed by atoms with Gasteiger partial charge in [0.05, 0.1) is 6.54 Å². The minimum Gasteiger partial charge on any atom is -0.357 e. The number of hydrogen-bond donors (Lipinski definition) is 1. The number of rotatable bonds is 9. The highest BCUT2D eigenvalue weighted by Gasteiger charge is 2.25. The summed E-state index contributed by atoms with van der Waals surface area (Å²) in [6.07, 6.45) is 4.16. The average molecular weight is 465 g/mol. The Morgan fingerprint density at radius 3 is 2.44 bits per heavy atom. The number of likely N-dealkylation sites (N-methyl/N-ethyl adjacent to an activating group) is 1. The molecule has 0 aliphatic carbocycles. The van der Waals surface area contributed by atoms with Crippen LogP contribution in [-0.4, -0.2) is 86.6 Å². The van der Waals surface area contributed by atoms with Gasteiger partial charge in [0.15, 0.2) is 5.96 Å². The van der Waals surface area contributed by atoms with Gasteiger partial charge >= 0.3 is 0 Å². The van der Waals surface area contributed by atoms with Crippen LogP contribution in [0.25, 0.3) is 0 Å². The van der Waals surface area contributed by atoms with Crippen LogP contribution in [0.15, 0.2) is 17.6 Å². The van der Waals surface area contributed by atoms with Crippen molar-refractivity contribution < 1.29 is 0 Å². The van der Waals surface area contributed by atoms with E-state index >= 15 is 0 Å². The van der Waals surface area contributed by atoms with Crippen LogP contribution >= 0.6 is 24.0 Å². The van der Waals surface area contributed by atoms with E-state index in [4.69, 9.17) is 4.99 Å². The maximum atomic E-state index is 4.96. The van der Waals surface area contributed by atoms with Crippen molar-refractivity contribution in [1.29, 1.82) is 0 Å². The molecule has 1 aliphatic rings. The number of nitrogens with one attached hydrogen (secondary N) is 1. The van der Waals surface area contributed by atoms with E-state index in [9.17, 15) is 0 Å². The predicted octanol–water partition coefficient (Wildman–Crippen LogP) is 2.74. The second-order valence-electron chi connectivity index (χ2n) is 7.20. The number of allylic oxidation sites excluding steroid dienone is 1. The van der Waals surface area contributed by atoms with E-state index < -0.39 is 0 Å². The number of halogens is 1. The van der Waals surface area contributed by atoms with Gasteiger partial charge in [0, 0.05) is 52.4 Å². The fourth-order valence-corrected chi connectivity index (χ4v) is 3.13. The molecule has 0 aromatic carbocycles. The first-order valence-electron chi connectivity index (χ1n) is 9.52. The summed E-state index contributed by atoms with van der Waals surface area (Å²) < 4.78 is 0. The molecular formula is C19H40IN5. The minimum atomic E-state index is 0. The van der Waals surface area contributed by atoms with Gasteiger partial charge in [0.1, 0.15) is 0 Å². The van der Waals surface area contributed by atoms with Gasteiger partial charge in [-0.1, -0.05) is 19.9 Å². The van der Waals surface area contributed by atoms with Crippen LogP contribution in [0.2, 0.25) is 0 Å². The van der Waals surface area contributed by atoms with Crippen LogP contribution in [0.4, 0.5) is 0 Å². The van der Waals surface area contributed by atoms with Crippen LogP contribution < -0.4 is 5.32 Å². The summed E-state index contributed by atoms with van der Waals surface area (Å²) in [6.45, 7) is 18.0. The van der Waals surface area contributed by atoms with E-state index in [2.05, 4.69) is 61.5 Å². The fraction of sp³-hybridized carbons (Fsp3) is 0.842. The van der Waals surface area contributed by atoms with Crippen molar-refractivity contribution in [3.63, 3.8) is 0 Å². The molecule has 1 aliphatic heterocycles. The van der Waals surface area contributed by atoms with Crippen LogP contribution in [0.3, 0.4) is 0 Å². The molecule has 1 rings (SSSR count). The molecule has 1 fully saturated rings.